The second-order valence-corrected chi connectivity index (χ2v) is 8.28. The summed E-state index contributed by atoms with van der Waals surface area (Å²) < 4.78 is 5.32. The van der Waals surface area contributed by atoms with Crippen molar-refractivity contribution in [3.63, 3.8) is 0 Å². The molecule has 0 unspecified atom stereocenters. The third kappa shape index (κ3) is 4.63. The summed E-state index contributed by atoms with van der Waals surface area (Å²) in [6, 6.07) is 6.98. The van der Waals surface area contributed by atoms with Gasteiger partial charge in [0.1, 0.15) is 16.6 Å². The molecule has 150 valence electrons. The fourth-order valence-electron chi connectivity index (χ4n) is 2.51. The molecule has 1 aliphatic heterocycles. The van der Waals surface area contributed by atoms with E-state index in [0.29, 0.717) is 22.3 Å². The number of thiocarbonyl (C=S) groups is 1. The maximum atomic E-state index is 12.4. The second kappa shape index (κ2) is 8.72. The first-order valence-electron chi connectivity index (χ1n) is 8.17. The first-order chi connectivity index (χ1) is 13.8. The number of carboxylic acids is 1. The molecule has 1 N–H and O–H groups in total. The number of anilines is 2. The van der Waals surface area contributed by atoms with Crippen molar-refractivity contribution in [2.45, 2.75) is 6.92 Å². The number of thioether (sulfide) groups is 1. The molecule has 3 rings (SSSR count). The number of methoxy groups -OCH3 is 1. The molecular formula is C18H15N3O5S3. The van der Waals surface area contributed by atoms with Crippen LogP contribution < -0.4 is 9.64 Å². The van der Waals surface area contributed by atoms with Crippen LogP contribution in [0.2, 0.25) is 0 Å². The van der Waals surface area contributed by atoms with Crippen molar-refractivity contribution in [1.82, 2.24) is 9.88 Å². The van der Waals surface area contributed by atoms with Crippen LogP contribution >= 0.6 is 35.3 Å². The first-order valence-corrected chi connectivity index (χ1v) is 10.3. The van der Waals surface area contributed by atoms with Crippen molar-refractivity contribution in [2.24, 2.45) is 0 Å². The van der Waals surface area contributed by atoms with E-state index in [1.165, 1.54) is 29.2 Å². The number of ether oxygens (including phenoxy) is 1. The molecule has 8 nitrogen and oxygen atoms in total. The molecule has 1 aromatic heterocycles. The smallest absolute Gasteiger partial charge is 0.323 e. The average molecular weight is 450 g/mol. The van der Waals surface area contributed by atoms with Gasteiger partial charge in [0.15, 0.2) is 5.13 Å². The molecule has 0 atom stereocenters. The second-order valence-electron chi connectivity index (χ2n) is 5.77. The van der Waals surface area contributed by atoms with Gasteiger partial charge in [-0.2, -0.15) is 0 Å². The minimum atomic E-state index is -1.14. The normalized spacial score (nSPS) is 15.1. The first kappa shape index (κ1) is 21.0. The fourth-order valence-corrected chi connectivity index (χ4v) is 4.59. The molecule has 11 heteroatoms. The van der Waals surface area contributed by atoms with Crippen LogP contribution in [0.25, 0.3) is 6.08 Å². The molecule has 2 heterocycles. The quantitative estimate of drug-likeness (QED) is 0.530. The van der Waals surface area contributed by atoms with Gasteiger partial charge in [0, 0.05) is 12.3 Å². The molecule has 29 heavy (non-hydrogen) atoms. The molecule has 2 aromatic rings. The highest BCUT2D eigenvalue weighted by molar-refractivity contribution is 8.26. The molecule has 0 aliphatic carbocycles. The predicted molar refractivity (Wildman–Crippen MR) is 115 cm³/mol. The number of rotatable bonds is 6. The van der Waals surface area contributed by atoms with E-state index in [9.17, 15) is 14.4 Å². The number of carboxylic acid groups (broad SMARTS) is 1. The zero-order valence-electron chi connectivity index (χ0n) is 15.3. The van der Waals surface area contributed by atoms with Crippen LogP contribution in [0.4, 0.5) is 10.8 Å². The van der Waals surface area contributed by atoms with Crippen LogP contribution in [-0.2, 0) is 14.4 Å². The zero-order chi connectivity index (χ0) is 21.1. The van der Waals surface area contributed by atoms with E-state index in [1.807, 2.05) is 0 Å². The van der Waals surface area contributed by atoms with Gasteiger partial charge >= 0.3 is 5.97 Å². The topological polar surface area (TPSA) is 100 Å². The lowest BCUT2D eigenvalue weighted by Gasteiger charge is -2.18. The largest absolute Gasteiger partial charge is 0.497 e. The molecular weight excluding hydrogens is 434 g/mol. The van der Waals surface area contributed by atoms with Crippen LogP contribution in [0.1, 0.15) is 12.6 Å². The van der Waals surface area contributed by atoms with Crippen molar-refractivity contribution in [2.75, 3.05) is 18.6 Å². The number of benzene rings is 1. The number of amides is 2. The number of carbonyl (C=O) groups excluding carboxylic acids is 2. The maximum absolute atomic E-state index is 12.4. The van der Waals surface area contributed by atoms with Crippen LogP contribution in [0.5, 0.6) is 5.75 Å². The van der Waals surface area contributed by atoms with Gasteiger partial charge in [0.25, 0.3) is 5.91 Å². The van der Waals surface area contributed by atoms with Crippen molar-refractivity contribution in [3.05, 3.63) is 40.2 Å². The van der Waals surface area contributed by atoms with Crippen LogP contribution in [0, 0.1) is 0 Å². The Kier molecular flexibility index (Phi) is 6.30. The van der Waals surface area contributed by atoms with E-state index >= 15 is 0 Å². The Morgan fingerprint density at radius 2 is 2.03 bits per heavy atom. The number of hydrogen-bond donors (Lipinski definition) is 1. The highest BCUT2D eigenvalue weighted by Crippen LogP contribution is 2.34. The van der Waals surface area contributed by atoms with Crippen LogP contribution in [0.15, 0.2) is 34.6 Å². The Balaban J connectivity index is 1.86. The molecule has 1 aromatic carbocycles. The van der Waals surface area contributed by atoms with Gasteiger partial charge in [0.2, 0.25) is 5.91 Å². The lowest BCUT2D eigenvalue weighted by Crippen LogP contribution is -2.33. The number of aromatic nitrogens is 1. The Labute approximate surface area is 179 Å². The lowest BCUT2D eigenvalue weighted by molar-refractivity contribution is -0.140. The maximum Gasteiger partial charge on any atom is 0.323 e. The number of nitrogens with zero attached hydrogens (tertiary/aromatic N) is 3. The Morgan fingerprint density at radius 1 is 1.34 bits per heavy atom. The van der Waals surface area contributed by atoms with Gasteiger partial charge in [-0.15, -0.1) is 11.3 Å². The van der Waals surface area contributed by atoms with Crippen LogP contribution in [-0.4, -0.2) is 50.7 Å². The molecule has 0 radical (unpaired) electrons. The summed E-state index contributed by atoms with van der Waals surface area (Å²) >= 11 is 7.34. The molecule has 0 saturated carbocycles. The number of aliphatic carboxylic acids is 1. The molecule has 1 fully saturated rings. The third-order valence-electron chi connectivity index (χ3n) is 3.79. The number of carbonyl (C=O) groups is 3. The zero-order valence-corrected chi connectivity index (χ0v) is 17.8. The van der Waals surface area contributed by atoms with Gasteiger partial charge < -0.3 is 9.84 Å². The fraction of sp³-hybridized carbons (Fsp3) is 0.167. The van der Waals surface area contributed by atoms with E-state index in [0.717, 1.165) is 16.7 Å². The summed E-state index contributed by atoms with van der Waals surface area (Å²) in [5.41, 5.74) is 1.10. The standard InChI is InChI=1S/C18H15N3O5S3/c1-10(22)21(12-3-5-13(26-2)6-4-12)17-19-11(9-28-17)7-14-16(25)20(8-15(23)24)18(27)29-14/h3-7,9H,8H2,1-2H3,(H,23,24). The summed E-state index contributed by atoms with van der Waals surface area (Å²) in [7, 11) is 1.56. The monoisotopic (exact) mass is 449 g/mol. The number of hydrogen-bond acceptors (Lipinski definition) is 8. The number of thiazole rings is 1. The molecule has 0 spiro atoms. The highest BCUT2D eigenvalue weighted by Gasteiger charge is 2.33. The van der Waals surface area contributed by atoms with Crippen molar-refractivity contribution < 1.29 is 24.2 Å². The summed E-state index contributed by atoms with van der Waals surface area (Å²) in [6.45, 7) is 0.947. The Morgan fingerprint density at radius 3 is 2.62 bits per heavy atom. The predicted octanol–water partition coefficient (Wildman–Crippen LogP) is 3.12. The van der Waals surface area contributed by atoms with Gasteiger partial charge in [-0.3, -0.25) is 24.2 Å². The Hall–Kier alpha value is -2.76. The van der Waals surface area contributed by atoms with E-state index in [2.05, 4.69) is 4.98 Å². The Bertz CT molecular complexity index is 1020. The van der Waals surface area contributed by atoms with E-state index in [-0.39, 0.29) is 15.1 Å². The van der Waals surface area contributed by atoms with Crippen molar-refractivity contribution in [3.8, 4) is 5.75 Å². The van der Waals surface area contributed by atoms with E-state index in [4.69, 9.17) is 22.1 Å². The third-order valence-corrected chi connectivity index (χ3v) is 6.01. The summed E-state index contributed by atoms with van der Waals surface area (Å²) in [5.74, 6) is -1.17. The van der Waals surface area contributed by atoms with Gasteiger partial charge in [-0.1, -0.05) is 24.0 Å². The molecule has 1 aliphatic rings. The summed E-state index contributed by atoms with van der Waals surface area (Å²) in [5, 5.41) is 11.1. The SMILES string of the molecule is COc1ccc(N(C(C)=O)c2nc(C=C3SC(=S)N(CC(=O)O)C3=O)cs2)cc1. The van der Waals surface area contributed by atoms with Gasteiger partial charge in [-0.05, 0) is 30.3 Å². The van der Waals surface area contributed by atoms with E-state index in [1.54, 1.807) is 36.8 Å². The van der Waals surface area contributed by atoms with Crippen molar-refractivity contribution >= 4 is 74.3 Å². The lowest BCUT2D eigenvalue weighted by atomic mass is 10.3. The van der Waals surface area contributed by atoms with Gasteiger partial charge in [0.05, 0.1) is 23.4 Å². The van der Waals surface area contributed by atoms with Gasteiger partial charge in [-0.25, -0.2) is 4.98 Å². The highest BCUT2D eigenvalue weighted by atomic mass is 32.2. The minimum Gasteiger partial charge on any atom is -0.497 e. The molecule has 1 saturated heterocycles. The average Bonchev–Trinajstić information content (AvgIpc) is 3.22. The molecule has 0 bridgehead atoms. The minimum absolute atomic E-state index is 0.183. The summed E-state index contributed by atoms with van der Waals surface area (Å²) in [6.07, 6.45) is 1.54. The summed E-state index contributed by atoms with van der Waals surface area (Å²) in [4.78, 5) is 42.7. The van der Waals surface area contributed by atoms with E-state index < -0.39 is 18.4 Å². The van der Waals surface area contributed by atoms with Crippen molar-refractivity contribution in [1.29, 1.82) is 0 Å². The molecule has 2 amide bonds. The van der Waals surface area contributed by atoms with Crippen LogP contribution in [0.3, 0.4) is 0 Å².